The predicted molar refractivity (Wildman–Crippen MR) is 70.7 cm³/mol. The van der Waals surface area contributed by atoms with Crippen LogP contribution in [0.5, 0.6) is 0 Å². The molecule has 2 aliphatic rings. The fourth-order valence-corrected chi connectivity index (χ4v) is 2.64. The molecule has 2 fully saturated rings. The normalized spacial score (nSPS) is 25.3. The van der Waals surface area contributed by atoms with Gasteiger partial charge in [0.1, 0.15) is 6.04 Å². The van der Waals surface area contributed by atoms with Gasteiger partial charge >= 0.3 is 18.0 Å². The van der Waals surface area contributed by atoms with Gasteiger partial charge in [0.15, 0.2) is 0 Å². The highest BCUT2D eigenvalue weighted by molar-refractivity contribution is 5.83. The number of carboxylic acid groups (broad SMARTS) is 1. The van der Waals surface area contributed by atoms with Gasteiger partial charge in [-0.15, -0.1) is 0 Å². The molecule has 118 valence electrons. The predicted octanol–water partition coefficient (Wildman–Crippen LogP) is -0.0344. The Morgan fingerprint density at radius 1 is 1.33 bits per heavy atom. The number of rotatable bonds is 5. The van der Waals surface area contributed by atoms with Gasteiger partial charge in [0.05, 0.1) is 19.3 Å². The number of fused-ring (bicyclic) bond motifs is 2. The number of urea groups is 1. The molecule has 0 aromatic heterocycles. The molecule has 8 heteroatoms. The fourth-order valence-electron chi connectivity index (χ4n) is 2.64. The van der Waals surface area contributed by atoms with Gasteiger partial charge in [0.2, 0.25) is 0 Å². The minimum absolute atomic E-state index is 0.00490. The van der Waals surface area contributed by atoms with E-state index in [1.165, 1.54) is 7.11 Å². The quantitative estimate of drug-likeness (QED) is 0.691. The highest BCUT2D eigenvalue weighted by Crippen LogP contribution is 2.26. The van der Waals surface area contributed by atoms with Crippen molar-refractivity contribution in [2.75, 3.05) is 20.2 Å². The largest absolute Gasteiger partial charge is 0.480 e. The third-order valence-corrected chi connectivity index (χ3v) is 3.79. The number of morpholine rings is 1. The summed E-state index contributed by atoms with van der Waals surface area (Å²) in [5.41, 5.74) is 0. The molecule has 0 saturated carbocycles. The highest BCUT2D eigenvalue weighted by Gasteiger charge is 2.36. The number of ether oxygens (including phenoxy) is 2. The van der Waals surface area contributed by atoms with E-state index in [0.29, 0.717) is 13.1 Å². The minimum atomic E-state index is -1.16. The second kappa shape index (κ2) is 6.75. The van der Waals surface area contributed by atoms with Crippen molar-refractivity contribution in [1.82, 2.24) is 10.2 Å². The number of carbonyl (C=O) groups is 3. The Morgan fingerprint density at radius 2 is 1.95 bits per heavy atom. The molecule has 2 amide bonds. The number of hydrogen-bond donors (Lipinski definition) is 2. The molecule has 8 nitrogen and oxygen atoms in total. The zero-order valence-corrected chi connectivity index (χ0v) is 11.9. The van der Waals surface area contributed by atoms with Gasteiger partial charge in [0, 0.05) is 19.5 Å². The van der Waals surface area contributed by atoms with Crippen LogP contribution in [0.15, 0.2) is 0 Å². The van der Waals surface area contributed by atoms with E-state index in [1.807, 2.05) is 0 Å². The van der Waals surface area contributed by atoms with Crippen LogP contribution in [0, 0.1) is 0 Å². The number of amides is 2. The minimum Gasteiger partial charge on any atom is -0.480 e. The molecule has 2 rings (SSSR count). The van der Waals surface area contributed by atoms with Crippen molar-refractivity contribution in [3.8, 4) is 0 Å². The third-order valence-electron chi connectivity index (χ3n) is 3.79. The molecule has 0 spiro atoms. The van der Waals surface area contributed by atoms with E-state index in [4.69, 9.17) is 9.84 Å². The van der Waals surface area contributed by atoms with Gasteiger partial charge in [-0.2, -0.15) is 0 Å². The molecule has 0 aliphatic carbocycles. The topological polar surface area (TPSA) is 105 Å². The molecule has 2 unspecified atom stereocenters. The maximum absolute atomic E-state index is 12.1. The van der Waals surface area contributed by atoms with Crippen molar-refractivity contribution >= 4 is 18.0 Å². The van der Waals surface area contributed by atoms with E-state index in [-0.39, 0.29) is 25.0 Å². The number of nitrogens with zero attached hydrogens (tertiary/aromatic N) is 1. The molecule has 0 radical (unpaired) electrons. The van der Waals surface area contributed by atoms with Crippen molar-refractivity contribution in [3.05, 3.63) is 0 Å². The SMILES string of the molecule is COC(=O)CC[C@H](NC(=O)N1CC2CCC(C1)O2)C(=O)O. The first-order valence-electron chi connectivity index (χ1n) is 7.00. The number of esters is 1. The van der Waals surface area contributed by atoms with Gasteiger partial charge in [-0.25, -0.2) is 9.59 Å². The number of nitrogens with one attached hydrogen (secondary N) is 1. The average Bonchev–Trinajstić information content (AvgIpc) is 2.80. The summed E-state index contributed by atoms with van der Waals surface area (Å²) in [6, 6.07) is -1.52. The lowest BCUT2D eigenvalue weighted by molar-refractivity contribution is -0.142. The molecule has 2 saturated heterocycles. The zero-order chi connectivity index (χ0) is 15.4. The Kier molecular flexibility index (Phi) is 5.00. The van der Waals surface area contributed by atoms with Crippen LogP contribution in [-0.4, -0.2) is 66.4 Å². The molecule has 2 aliphatic heterocycles. The Hall–Kier alpha value is -1.83. The van der Waals surface area contributed by atoms with E-state index in [9.17, 15) is 14.4 Å². The molecule has 3 atom stereocenters. The summed E-state index contributed by atoms with van der Waals surface area (Å²) < 4.78 is 10.1. The molecule has 2 bridgehead atoms. The van der Waals surface area contributed by atoms with Crippen LogP contribution in [0.25, 0.3) is 0 Å². The summed E-state index contributed by atoms with van der Waals surface area (Å²) in [4.78, 5) is 35.9. The zero-order valence-electron chi connectivity index (χ0n) is 11.9. The van der Waals surface area contributed by atoms with Crippen LogP contribution < -0.4 is 5.32 Å². The van der Waals surface area contributed by atoms with Crippen LogP contribution in [-0.2, 0) is 19.1 Å². The lowest BCUT2D eigenvalue weighted by atomic mass is 10.1. The first kappa shape index (κ1) is 15.6. The first-order chi connectivity index (χ1) is 9.99. The van der Waals surface area contributed by atoms with Crippen molar-refractivity contribution in [1.29, 1.82) is 0 Å². The molecule has 2 heterocycles. The first-order valence-corrected chi connectivity index (χ1v) is 7.00. The fraction of sp³-hybridized carbons (Fsp3) is 0.769. The summed E-state index contributed by atoms with van der Waals surface area (Å²) >= 11 is 0. The smallest absolute Gasteiger partial charge is 0.326 e. The molecular weight excluding hydrogens is 280 g/mol. The number of carboxylic acids is 1. The maximum Gasteiger partial charge on any atom is 0.326 e. The number of methoxy groups -OCH3 is 1. The average molecular weight is 300 g/mol. The molecule has 0 aromatic carbocycles. The van der Waals surface area contributed by atoms with Crippen molar-refractivity contribution in [2.24, 2.45) is 0 Å². The summed E-state index contributed by atoms with van der Waals surface area (Å²) in [7, 11) is 1.24. The lowest BCUT2D eigenvalue weighted by Crippen LogP contribution is -2.53. The summed E-state index contributed by atoms with van der Waals surface area (Å²) in [5.74, 6) is -1.66. The Bertz CT molecular complexity index is 415. The van der Waals surface area contributed by atoms with E-state index in [2.05, 4.69) is 10.1 Å². The molecule has 21 heavy (non-hydrogen) atoms. The van der Waals surface area contributed by atoms with Gasteiger partial charge in [-0.3, -0.25) is 4.79 Å². The lowest BCUT2D eigenvalue weighted by Gasteiger charge is -2.32. The monoisotopic (exact) mass is 300 g/mol. The van der Waals surface area contributed by atoms with E-state index >= 15 is 0 Å². The van der Waals surface area contributed by atoms with Crippen molar-refractivity contribution < 1.29 is 29.0 Å². The number of aliphatic carboxylic acids is 1. The summed E-state index contributed by atoms with van der Waals surface area (Å²) in [5, 5.41) is 11.6. The van der Waals surface area contributed by atoms with Crippen LogP contribution >= 0.6 is 0 Å². The van der Waals surface area contributed by atoms with Crippen molar-refractivity contribution in [3.63, 3.8) is 0 Å². The third kappa shape index (κ3) is 4.07. The summed E-state index contributed by atoms with van der Waals surface area (Å²) in [6.07, 6.45) is 1.91. The second-order valence-corrected chi connectivity index (χ2v) is 5.32. The summed E-state index contributed by atoms with van der Waals surface area (Å²) in [6.45, 7) is 0.956. The second-order valence-electron chi connectivity index (χ2n) is 5.32. The molecular formula is C13H20N2O6. The molecule has 0 aromatic rings. The van der Waals surface area contributed by atoms with Gasteiger partial charge < -0.3 is 24.8 Å². The van der Waals surface area contributed by atoms with Gasteiger partial charge in [-0.05, 0) is 19.3 Å². The van der Waals surface area contributed by atoms with E-state index in [1.54, 1.807) is 4.90 Å². The molecule has 2 N–H and O–H groups in total. The van der Waals surface area contributed by atoms with Crippen LogP contribution in [0.2, 0.25) is 0 Å². The van der Waals surface area contributed by atoms with E-state index < -0.39 is 24.0 Å². The number of hydrogen-bond acceptors (Lipinski definition) is 5. The van der Waals surface area contributed by atoms with Crippen LogP contribution in [0.3, 0.4) is 0 Å². The van der Waals surface area contributed by atoms with Gasteiger partial charge in [0.25, 0.3) is 0 Å². The Morgan fingerprint density at radius 3 is 2.48 bits per heavy atom. The van der Waals surface area contributed by atoms with Crippen LogP contribution in [0.1, 0.15) is 25.7 Å². The number of carbonyl (C=O) groups excluding carboxylic acids is 2. The van der Waals surface area contributed by atoms with E-state index in [0.717, 1.165) is 12.8 Å². The highest BCUT2D eigenvalue weighted by atomic mass is 16.5. The Labute approximate surface area is 122 Å². The standard InChI is InChI=1S/C13H20N2O6/c1-20-11(16)5-4-10(12(17)18)14-13(19)15-6-8-2-3-9(7-15)21-8/h8-10H,2-7H2,1H3,(H,14,19)(H,17,18)/t8?,9?,10-/m0/s1. The van der Waals surface area contributed by atoms with Crippen LogP contribution in [0.4, 0.5) is 4.79 Å². The number of likely N-dealkylation sites (tertiary alicyclic amines) is 1. The maximum atomic E-state index is 12.1. The Balaban J connectivity index is 1.86. The van der Waals surface area contributed by atoms with Crippen molar-refractivity contribution in [2.45, 2.75) is 43.9 Å². The van der Waals surface area contributed by atoms with Gasteiger partial charge in [-0.1, -0.05) is 0 Å².